The Hall–Kier alpha value is -1.83. The minimum absolute atomic E-state index is 0.0836. The summed E-state index contributed by atoms with van der Waals surface area (Å²) < 4.78 is 0. The molecule has 0 aliphatic carbocycles. The van der Waals surface area contributed by atoms with Crippen LogP contribution in [-0.4, -0.2) is 11.8 Å². The number of anilines is 1. The molecule has 2 amide bonds. The molecule has 0 aliphatic heterocycles. The van der Waals surface area contributed by atoms with Crippen molar-refractivity contribution >= 4 is 40.6 Å². The van der Waals surface area contributed by atoms with E-state index in [1.165, 1.54) is 18.3 Å². The Balaban J connectivity index is 1.92. The Morgan fingerprint density at radius 3 is 2.52 bits per heavy atom. The van der Waals surface area contributed by atoms with Crippen LogP contribution in [0.25, 0.3) is 0 Å². The Kier molecular flexibility index (Phi) is 5.38. The minimum atomic E-state index is -0.268. The van der Waals surface area contributed by atoms with Crippen molar-refractivity contribution in [2.45, 2.75) is 17.6 Å². The summed E-state index contributed by atoms with van der Waals surface area (Å²) in [7, 11) is 0. The summed E-state index contributed by atoms with van der Waals surface area (Å²) in [6.45, 7) is 1.48. The van der Waals surface area contributed by atoms with E-state index in [0.29, 0.717) is 4.88 Å². The molecule has 21 heavy (non-hydrogen) atoms. The van der Waals surface area contributed by atoms with Gasteiger partial charge in [-0.2, -0.15) is 0 Å². The molecule has 0 fully saturated rings. The number of thioether (sulfide) groups is 1. The summed E-state index contributed by atoms with van der Waals surface area (Å²) in [5.74, 6) is 5.53. The topological polar surface area (TPSA) is 84.2 Å². The Morgan fingerprint density at radius 2 is 1.90 bits per heavy atom. The second-order valence-electron chi connectivity index (χ2n) is 4.23. The molecule has 1 aromatic carbocycles. The summed E-state index contributed by atoms with van der Waals surface area (Å²) in [6.07, 6.45) is 0. The molecule has 1 aromatic heterocycles. The van der Waals surface area contributed by atoms with E-state index in [9.17, 15) is 9.59 Å². The molecule has 7 heteroatoms. The fourth-order valence-electron chi connectivity index (χ4n) is 1.64. The third kappa shape index (κ3) is 4.59. The number of thiophene rings is 1. The van der Waals surface area contributed by atoms with E-state index < -0.39 is 0 Å². The van der Waals surface area contributed by atoms with Crippen LogP contribution in [-0.2, 0) is 10.5 Å². The average Bonchev–Trinajstić information content (AvgIpc) is 2.94. The van der Waals surface area contributed by atoms with Crippen molar-refractivity contribution in [3.05, 3.63) is 46.2 Å². The number of hydrogen-bond donors (Lipinski definition) is 3. The number of rotatable bonds is 5. The monoisotopic (exact) mass is 321 g/mol. The van der Waals surface area contributed by atoms with Gasteiger partial charge < -0.3 is 5.32 Å². The first-order valence-electron chi connectivity index (χ1n) is 6.18. The van der Waals surface area contributed by atoms with Gasteiger partial charge in [0.2, 0.25) is 5.91 Å². The van der Waals surface area contributed by atoms with Crippen LogP contribution >= 0.6 is 23.1 Å². The molecule has 0 aliphatic rings. The van der Waals surface area contributed by atoms with Gasteiger partial charge in [-0.05, 0) is 36.4 Å². The molecular formula is C14H15N3O2S2. The SMILES string of the molecule is CC(=O)Nc1ccc(SCc2ccc(C(=O)NN)s2)cc1. The summed E-state index contributed by atoms with van der Waals surface area (Å²) in [6, 6.07) is 11.3. The molecule has 0 radical (unpaired) electrons. The third-order valence-corrected chi connectivity index (χ3v) is 4.90. The van der Waals surface area contributed by atoms with Crippen molar-refractivity contribution in [3.63, 3.8) is 0 Å². The van der Waals surface area contributed by atoms with Crippen LogP contribution in [0.2, 0.25) is 0 Å². The quantitative estimate of drug-likeness (QED) is 0.342. The largest absolute Gasteiger partial charge is 0.326 e. The van der Waals surface area contributed by atoms with Crippen LogP contribution in [0.15, 0.2) is 41.3 Å². The van der Waals surface area contributed by atoms with E-state index in [0.717, 1.165) is 21.2 Å². The van der Waals surface area contributed by atoms with E-state index in [2.05, 4.69) is 10.7 Å². The summed E-state index contributed by atoms with van der Waals surface area (Å²) >= 11 is 3.10. The number of hydrogen-bond acceptors (Lipinski definition) is 5. The van der Waals surface area contributed by atoms with Crippen LogP contribution in [0.5, 0.6) is 0 Å². The van der Waals surface area contributed by atoms with E-state index in [1.807, 2.05) is 30.3 Å². The number of carbonyl (C=O) groups excluding carboxylic acids is 2. The van der Waals surface area contributed by atoms with Gasteiger partial charge in [-0.15, -0.1) is 23.1 Å². The van der Waals surface area contributed by atoms with Gasteiger partial charge in [-0.1, -0.05) is 0 Å². The molecule has 1 heterocycles. The van der Waals surface area contributed by atoms with Crippen LogP contribution in [0, 0.1) is 0 Å². The van der Waals surface area contributed by atoms with Gasteiger partial charge in [0.1, 0.15) is 0 Å². The first-order chi connectivity index (χ1) is 10.1. The predicted molar refractivity (Wildman–Crippen MR) is 86.3 cm³/mol. The zero-order chi connectivity index (χ0) is 15.2. The number of nitrogen functional groups attached to an aromatic ring is 1. The predicted octanol–water partition coefficient (Wildman–Crippen LogP) is 2.60. The van der Waals surface area contributed by atoms with E-state index in [-0.39, 0.29) is 11.8 Å². The zero-order valence-electron chi connectivity index (χ0n) is 11.4. The number of nitrogens with one attached hydrogen (secondary N) is 2. The highest BCUT2D eigenvalue weighted by Crippen LogP contribution is 2.27. The van der Waals surface area contributed by atoms with Gasteiger partial charge in [0.15, 0.2) is 0 Å². The van der Waals surface area contributed by atoms with Gasteiger partial charge in [-0.25, -0.2) is 5.84 Å². The molecular weight excluding hydrogens is 306 g/mol. The van der Waals surface area contributed by atoms with Crippen LogP contribution in [0.1, 0.15) is 21.5 Å². The smallest absolute Gasteiger partial charge is 0.275 e. The Morgan fingerprint density at radius 1 is 1.19 bits per heavy atom. The number of amides is 2. The molecule has 0 unspecified atom stereocenters. The maximum atomic E-state index is 11.4. The fourth-order valence-corrected chi connectivity index (χ4v) is 3.49. The standard InChI is InChI=1S/C14H15N3O2S2/c1-9(18)16-10-2-4-11(5-3-10)20-8-12-6-7-13(21-12)14(19)17-15/h2-7H,8,15H2,1H3,(H,16,18)(H,17,19). The summed E-state index contributed by atoms with van der Waals surface area (Å²) in [4.78, 5) is 25.1. The molecule has 0 saturated heterocycles. The highest BCUT2D eigenvalue weighted by atomic mass is 32.2. The van der Waals surface area contributed by atoms with Gasteiger partial charge in [0, 0.05) is 28.1 Å². The lowest BCUT2D eigenvalue weighted by Gasteiger charge is -2.04. The van der Waals surface area contributed by atoms with Crippen molar-refractivity contribution in [1.82, 2.24) is 5.43 Å². The third-order valence-electron chi connectivity index (χ3n) is 2.57. The van der Waals surface area contributed by atoms with E-state index in [1.54, 1.807) is 17.8 Å². The average molecular weight is 321 g/mol. The summed E-state index contributed by atoms with van der Waals surface area (Å²) in [5.41, 5.74) is 2.90. The zero-order valence-corrected chi connectivity index (χ0v) is 13.0. The lowest BCUT2D eigenvalue weighted by Crippen LogP contribution is -2.29. The first-order valence-corrected chi connectivity index (χ1v) is 7.99. The van der Waals surface area contributed by atoms with E-state index >= 15 is 0 Å². The normalized spacial score (nSPS) is 10.2. The second kappa shape index (κ2) is 7.26. The molecule has 0 saturated carbocycles. The highest BCUT2D eigenvalue weighted by molar-refractivity contribution is 7.98. The van der Waals surface area contributed by atoms with Crippen molar-refractivity contribution < 1.29 is 9.59 Å². The first kappa shape index (κ1) is 15.6. The van der Waals surface area contributed by atoms with Crippen molar-refractivity contribution in [2.75, 3.05) is 5.32 Å². The lowest BCUT2D eigenvalue weighted by atomic mass is 10.3. The van der Waals surface area contributed by atoms with Crippen LogP contribution in [0.3, 0.4) is 0 Å². The lowest BCUT2D eigenvalue weighted by molar-refractivity contribution is -0.114. The summed E-state index contributed by atoms with van der Waals surface area (Å²) in [5, 5.41) is 2.73. The van der Waals surface area contributed by atoms with Gasteiger partial charge in [-0.3, -0.25) is 15.0 Å². The number of hydrazine groups is 1. The van der Waals surface area contributed by atoms with Gasteiger partial charge >= 0.3 is 0 Å². The second-order valence-corrected chi connectivity index (χ2v) is 6.45. The molecule has 2 rings (SSSR count). The molecule has 0 bridgehead atoms. The molecule has 4 N–H and O–H groups in total. The van der Waals surface area contributed by atoms with Gasteiger partial charge in [0.05, 0.1) is 4.88 Å². The van der Waals surface area contributed by atoms with Crippen molar-refractivity contribution in [3.8, 4) is 0 Å². The molecule has 2 aromatic rings. The molecule has 110 valence electrons. The number of nitrogens with two attached hydrogens (primary N) is 1. The molecule has 0 spiro atoms. The van der Waals surface area contributed by atoms with Crippen LogP contribution in [0.4, 0.5) is 5.69 Å². The number of benzene rings is 1. The molecule has 0 atom stereocenters. The fraction of sp³-hybridized carbons (Fsp3) is 0.143. The van der Waals surface area contributed by atoms with Crippen LogP contribution < -0.4 is 16.6 Å². The minimum Gasteiger partial charge on any atom is -0.326 e. The maximum absolute atomic E-state index is 11.4. The van der Waals surface area contributed by atoms with Crippen molar-refractivity contribution in [2.24, 2.45) is 5.84 Å². The van der Waals surface area contributed by atoms with Gasteiger partial charge in [0.25, 0.3) is 5.91 Å². The Bertz CT molecular complexity index is 638. The molecule has 5 nitrogen and oxygen atoms in total. The van der Waals surface area contributed by atoms with E-state index in [4.69, 9.17) is 5.84 Å². The number of carbonyl (C=O) groups is 2. The van der Waals surface area contributed by atoms with Crippen molar-refractivity contribution in [1.29, 1.82) is 0 Å². The maximum Gasteiger partial charge on any atom is 0.275 e. The Labute approximate surface area is 130 Å². The highest BCUT2D eigenvalue weighted by Gasteiger charge is 2.07.